The topological polar surface area (TPSA) is 0 Å². The van der Waals surface area contributed by atoms with Crippen LogP contribution >= 0.6 is 116 Å². The molecule has 0 aromatic heterocycles. The molecule has 0 aliphatic heterocycles. The van der Waals surface area contributed by atoms with E-state index in [9.17, 15) is 0 Å². The second-order valence-electron chi connectivity index (χ2n) is 4.52. The molecule has 0 aromatic carbocycles. The summed E-state index contributed by atoms with van der Waals surface area (Å²) in [6.07, 6.45) is 0. The zero-order valence-electron chi connectivity index (χ0n) is 8.78. The van der Waals surface area contributed by atoms with E-state index in [1.807, 2.05) is 0 Å². The minimum atomic E-state index is -1.77. The normalized spacial score (nSPS) is 50.7. The van der Waals surface area contributed by atoms with Crippen molar-refractivity contribution in [2.24, 2.45) is 0 Å². The van der Waals surface area contributed by atoms with E-state index in [2.05, 4.69) is 0 Å². The fourth-order valence-corrected chi connectivity index (χ4v) is 7.94. The van der Waals surface area contributed by atoms with Crippen LogP contribution in [0.2, 0.25) is 0 Å². The summed E-state index contributed by atoms with van der Waals surface area (Å²) in [5.41, 5.74) is 0. The molecule has 10 heteroatoms. The molecule has 0 radical (unpaired) electrons. The molecule has 3 aliphatic rings. The Morgan fingerprint density at radius 1 is 0.400 bits per heavy atom. The Balaban J connectivity index is 2.56. The summed E-state index contributed by atoms with van der Waals surface area (Å²) in [5.74, 6) is 0. The zero-order chi connectivity index (χ0) is 15.5. The predicted octanol–water partition coefficient (Wildman–Crippen LogP) is 7.01. The first kappa shape index (κ1) is 17.0. The summed E-state index contributed by atoms with van der Waals surface area (Å²) in [4.78, 5) is -6.92. The minimum Gasteiger partial charge on any atom is -0.111 e. The van der Waals surface area contributed by atoms with E-state index >= 15 is 0 Å². The van der Waals surface area contributed by atoms with Crippen molar-refractivity contribution >= 4 is 116 Å². The average Bonchev–Trinajstić information content (AvgIpc) is 2.69. The van der Waals surface area contributed by atoms with Gasteiger partial charge in [0, 0.05) is 0 Å². The van der Waals surface area contributed by atoms with Crippen molar-refractivity contribution in [3.8, 4) is 0 Å². The Hall–Kier alpha value is 2.12. The number of allylic oxidation sites excluding steroid dienone is 6. The van der Waals surface area contributed by atoms with Crippen molar-refractivity contribution in [2.75, 3.05) is 0 Å². The van der Waals surface area contributed by atoms with E-state index in [0.717, 1.165) is 0 Å². The maximum atomic E-state index is 6.70. The van der Waals surface area contributed by atoms with E-state index in [-0.39, 0.29) is 30.2 Å². The summed E-state index contributed by atoms with van der Waals surface area (Å²) in [5, 5.41) is -0.507. The van der Waals surface area contributed by atoms with Crippen LogP contribution in [0, 0.1) is 0 Å². The van der Waals surface area contributed by atoms with Crippen LogP contribution in [0.25, 0.3) is 0 Å². The van der Waals surface area contributed by atoms with Gasteiger partial charge < -0.3 is 0 Å². The lowest BCUT2D eigenvalue weighted by Crippen LogP contribution is -2.59. The molecule has 3 rings (SSSR count). The highest BCUT2D eigenvalue weighted by Crippen LogP contribution is 2.82. The highest BCUT2D eigenvalue weighted by Gasteiger charge is 2.88. The summed E-state index contributed by atoms with van der Waals surface area (Å²) < 4.78 is 0. The van der Waals surface area contributed by atoms with Crippen molar-refractivity contribution in [1.82, 2.24) is 0 Å². The molecule has 0 spiro atoms. The molecule has 0 aromatic rings. The Bertz CT molecular complexity index is 529. The standard InChI is InChI=1S/C10Cl10/c11-1-2(12)8(18)5(15)6(16)9(19)4(14)3(13)7(1,17)10(8,9)20. The smallest absolute Gasteiger partial charge is 0.111 e. The first-order valence-corrected chi connectivity index (χ1v) is 8.67. The fourth-order valence-electron chi connectivity index (χ4n) is 2.82. The van der Waals surface area contributed by atoms with Crippen LogP contribution in [0.5, 0.6) is 0 Å². The first-order valence-electron chi connectivity index (χ1n) is 4.89. The van der Waals surface area contributed by atoms with Crippen LogP contribution in [0.1, 0.15) is 0 Å². The van der Waals surface area contributed by atoms with Crippen LogP contribution in [-0.2, 0) is 0 Å². The number of alkyl halides is 4. The van der Waals surface area contributed by atoms with Gasteiger partial charge in [-0.1, -0.05) is 69.6 Å². The van der Waals surface area contributed by atoms with Crippen LogP contribution in [0.4, 0.5) is 0 Å². The van der Waals surface area contributed by atoms with Gasteiger partial charge in [-0.15, -0.1) is 46.4 Å². The van der Waals surface area contributed by atoms with Crippen molar-refractivity contribution in [3.05, 3.63) is 30.2 Å². The SMILES string of the molecule is ClC1=C(Cl)C2(Cl)C(Cl)=C(Cl)C3(Cl)C(Cl)=C(Cl)C1(Cl)C23Cl. The molecule has 0 saturated heterocycles. The molecule has 0 heterocycles. The molecule has 0 atom stereocenters. The predicted molar refractivity (Wildman–Crippen MR) is 90.5 cm³/mol. The van der Waals surface area contributed by atoms with Gasteiger partial charge in [-0.25, -0.2) is 0 Å². The highest BCUT2D eigenvalue weighted by atomic mass is 35.5. The van der Waals surface area contributed by atoms with Crippen molar-refractivity contribution in [1.29, 1.82) is 0 Å². The number of hydrogen-bond donors (Lipinski definition) is 0. The molecular formula is C10Cl10. The first-order chi connectivity index (χ1) is 8.95. The van der Waals surface area contributed by atoms with Crippen molar-refractivity contribution in [2.45, 2.75) is 19.5 Å². The van der Waals surface area contributed by atoms with Gasteiger partial charge in [-0.05, 0) is 0 Å². The summed E-state index contributed by atoms with van der Waals surface area (Å²) >= 11 is 63.5. The molecule has 0 N–H and O–H groups in total. The lowest BCUT2D eigenvalue weighted by molar-refractivity contribution is 0.507. The molecule has 20 heavy (non-hydrogen) atoms. The van der Waals surface area contributed by atoms with Gasteiger partial charge in [-0.3, -0.25) is 0 Å². The summed E-state index contributed by atoms with van der Waals surface area (Å²) in [6.45, 7) is 0. The number of halogens is 10. The van der Waals surface area contributed by atoms with Gasteiger partial charge in [0.2, 0.25) is 0 Å². The van der Waals surface area contributed by atoms with Gasteiger partial charge in [0.05, 0.1) is 30.2 Å². The van der Waals surface area contributed by atoms with Crippen molar-refractivity contribution in [3.63, 3.8) is 0 Å². The van der Waals surface area contributed by atoms with Gasteiger partial charge in [0.25, 0.3) is 0 Å². The Labute approximate surface area is 164 Å². The number of rotatable bonds is 0. The molecule has 0 bridgehead atoms. The lowest BCUT2D eigenvalue weighted by Gasteiger charge is -2.42. The van der Waals surface area contributed by atoms with Crippen LogP contribution in [-0.4, -0.2) is 19.5 Å². The molecule has 110 valence electrons. The van der Waals surface area contributed by atoms with E-state index in [0.29, 0.717) is 0 Å². The highest BCUT2D eigenvalue weighted by molar-refractivity contribution is 6.69. The molecule has 0 saturated carbocycles. The van der Waals surface area contributed by atoms with Gasteiger partial charge >= 0.3 is 0 Å². The Kier molecular flexibility index (Phi) is 3.72. The quantitative estimate of drug-likeness (QED) is 0.332. The molecule has 0 amide bonds. The Morgan fingerprint density at radius 2 is 0.550 bits per heavy atom. The second kappa shape index (κ2) is 4.39. The van der Waals surface area contributed by atoms with Crippen LogP contribution in [0.15, 0.2) is 30.2 Å². The van der Waals surface area contributed by atoms with E-state index in [1.165, 1.54) is 0 Å². The van der Waals surface area contributed by atoms with E-state index in [1.54, 1.807) is 0 Å². The molecule has 3 aliphatic carbocycles. The molecule has 0 unspecified atom stereocenters. The average molecular weight is 475 g/mol. The van der Waals surface area contributed by atoms with Gasteiger partial charge in [0.1, 0.15) is 19.5 Å². The third kappa shape index (κ3) is 1.24. The largest absolute Gasteiger partial charge is 0.142 e. The minimum absolute atomic E-state index is 0.0844. The Morgan fingerprint density at radius 3 is 0.700 bits per heavy atom. The molecule has 0 fully saturated rings. The maximum Gasteiger partial charge on any atom is 0.142 e. The third-order valence-corrected chi connectivity index (χ3v) is 10.6. The maximum absolute atomic E-state index is 6.70. The number of hydrogen-bond acceptors (Lipinski definition) is 0. The van der Waals surface area contributed by atoms with Crippen LogP contribution in [0.3, 0.4) is 0 Å². The van der Waals surface area contributed by atoms with E-state index in [4.69, 9.17) is 116 Å². The third-order valence-electron chi connectivity index (χ3n) is 3.82. The monoisotopic (exact) mass is 470 g/mol. The van der Waals surface area contributed by atoms with Crippen LogP contribution < -0.4 is 0 Å². The molecular weight excluding hydrogens is 475 g/mol. The summed E-state index contributed by atoms with van der Waals surface area (Å²) in [6, 6.07) is 0. The zero-order valence-corrected chi connectivity index (χ0v) is 16.3. The lowest BCUT2D eigenvalue weighted by atomic mass is 9.85. The van der Waals surface area contributed by atoms with Gasteiger partial charge in [-0.2, -0.15) is 0 Å². The second-order valence-corrected chi connectivity index (χ2v) is 9.05. The van der Waals surface area contributed by atoms with Crippen molar-refractivity contribution < 1.29 is 0 Å². The fraction of sp³-hybridized carbons (Fsp3) is 0.400. The summed E-state index contributed by atoms with van der Waals surface area (Å²) in [7, 11) is 0. The molecule has 0 nitrogen and oxygen atoms in total. The van der Waals surface area contributed by atoms with E-state index < -0.39 is 19.5 Å². The van der Waals surface area contributed by atoms with Gasteiger partial charge in [0.15, 0.2) is 0 Å².